The molecule has 2 amide bonds. The molecular formula is C18H26N2O4. The molecule has 0 aliphatic rings. The van der Waals surface area contributed by atoms with Gasteiger partial charge in [-0.15, -0.1) is 0 Å². The van der Waals surface area contributed by atoms with Gasteiger partial charge in [0.2, 0.25) is 11.8 Å². The van der Waals surface area contributed by atoms with Crippen LogP contribution in [0.2, 0.25) is 0 Å². The van der Waals surface area contributed by atoms with Crippen molar-refractivity contribution in [2.24, 2.45) is 5.41 Å². The average molecular weight is 334 g/mol. The van der Waals surface area contributed by atoms with Crippen molar-refractivity contribution in [3.63, 3.8) is 0 Å². The zero-order chi connectivity index (χ0) is 18.2. The Labute approximate surface area is 143 Å². The molecule has 0 aromatic heterocycles. The second-order valence-corrected chi connectivity index (χ2v) is 6.57. The van der Waals surface area contributed by atoms with Crippen molar-refractivity contribution in [1.82, 2.24) is 10.6 Å². The molecule has 0 spiro atoms. The molecule has 1 aromatic rings. The molecular weight excluding hydrogens is 308 g/mol. The number of nitrogens with one attached hydrogen (secondary N) is 2. The van der Waals surface area contributed by atoms with Gasteiger partial charge in [0, 0.05) is 24.9 Å². The van der Waals surface area contributed by atoms with Crippen molar-refractivity contribution < 1.29 is 19.1 Å². The maximum Gasteiger partial charge on any atom is 0.337 e. The Morgan fingerprint density at radius 2 is 1.67 bits per heavy atom. The summed E-state index contributed by atoms with van der Waals surface area (Å²) in [7, 11) is 1.33. The zero-order valence-corrected chi connectivity index (χ0v) is 14.8. The van der Waals surface area contributed by atoms with Crippen molar-refractivity contribution in [3.8, 4) is 0 Å². The minimum absolute atomic E-state index is 0.0198. The number of benzene rings is 1. The van der Waals surface area contributed by atoms with E-state index in [0.29, 0.717) is 31.5 Å². The topological polar surface area (TPSA) is 84.5 Å². The number of rotatable bonds is 7. The maximum absolute atomic E-state index is 11.8. The predicted octanol–water partition coefficient (Wildman–Crippen LogP) is 2.03. The first-order valence-electron chi connectivity index (χ1n) is 7.96. The lowest BCUT2D eigenvalue weighted by Crippen LogP contribution is -2.35. The Bertz CT molecular complexity index is 574. The summed E-state index contributed by atoms with van der Waals surface area (Å²) in [6.45, 7) is 6.42. The minimum atomic E-state index is -0.418. The van der Waals surface area contributed by atoms with Gasteiger partial charge in [-0.3, -0.25) is 9.59 Å². The fraction of sp³-hybridized carbons (Fsp3) is 0.500. The van der Waals surface area contributed by atoms with Crippen molar-refractivity contribution in [3.05, 3.63) is 35.4 Å². The van der Waals surface area contributed by atoms with E-state index in [-0.39, 0.29) is 17.8 Å². The van der Waals surface area contributed by atoms with Crippen molar-refractivity contribution in [2.75, 3.05) is 13.7 Å². The standard InChI is InChI=1S/C18H26N2O4/c1-18(2,3)17(23)19-11-5-6-15(21)20-12-13-7-9-14(10-8-13)16(22)24-4/h7-10H,5-6,11-12H2,1-4H3,(H,19,23)(H,20,21). The number of esters is 1. The zero-order valence-electron chi connectivity index (χ0n) is 14.8. The second-order valence-electron chi connectivity index (χ2n) is 6.57. The van der Waals surface area contributed by atoms with Crippen LogP contribution >= 0.6 is 0 Å². The minimum Gasteiger partial charge on any atom is -0.465 e. The molecule has 6 nitrogen and oxygen atoms in total. The van der Waals surface area contributed by atoms with Crippen LogP contribution in [0.25, 0.3) is 0 Å². The molecule has 6 heteroatoms. The quantitative estimate of drug-likeness (QED) is 0.590. The fourth-order valence-electron chi connectivity index (χ4n) is 1.88. The summed E-state index contributed by atoms with van der Waals surface area (Å²) < 4.78 is 4.63. The highest BCUT2D eigenvalue weighted by Gasteiger charge is 2.20. The molecule has 0 bridgehead atoms. The van der Waals surface area contributed by atoms with Gasteiger partial charge >= 0.3 is 5.97 Å². The summed E-state index contributed by atoms with van der Waals surface area (Å²) >= 11 is 0. The molecule has 24 heavy (non-hydrogen) atoms. The van der Waals surface area contributed by atoms with Gasteiger partial charge in [-0.25, -0.2) is 4.79 Å². The second kappa shape index (κ2) is 9.05. The van der Waals surface area contributed by atoms with Gasteiger partial charge < -0.3 is 15.4 Å². The summed E-state index contributed by atoms with van der Waals surface area (Å²) in [6, 6.07) is 6.87. The van der Waals surface area contributed by atoms with Crippen LogP contribution in [0.5, 0.6) is 0 Å². The van der Waals surface area contributed by atoms with E-state index in [1.165, 1.54) is 7.11 Å². The van der Waals surface area contributed by atoms with Gasteiger partial charge in [0.05, 0.1) is 12.7 Å². The van der Waals surface area contributed by atoms with Crippen LogP contribution in [0.4, 0.5) is 0 Å². The summed E-state index contributed by atoms with van der Waals surface area (Å²) in [5.41, 5.74) is 0.956. The van der Waals surface area contributed by atoms with Crippen LogP contribution in [-0.2, 0) is 20.9 Å². The van der Waals surface area contributed by atoms with Crippen LogP contribution in [0, 0.1) is 5.41 Å². The molecule has 132 valence electrons. The molecule has 0 atom stereocenters. The fourth-order valence-corrected chi connectivity index (χ4v) is 1.88. The Hall–Kier alpha value is -2.37. The molecule has 0 aliphatic carbocycles. The number of ether oxygens (including phenoxy) is 1. The van der Waals surface area contributed by atoms with E-state index in [0.717, 1.165) is 5.56 Å². The van der Waals surface area contributed by atoms with E-state index in [9.17, 15) is 14.4 Å². The van der Waals surface area contributed by atoms with Gasteiger partial charge in [0.25, 0.3) is 0 Å². The largest absolute Gasteiger partial charge is 0.465 e. The third kappa shape index (κ3) is 6.81. The smallest absolute Gasteiger partial charge is 0.337 e. The Balaban J connectivity index is 2.27. The summed E-state index contributed by atoms with van der Waals surface area (Å²) in [4.78, 5) is 34.8. The highest BCUT2D eigenvalue weighted by atomic mass is 16.5. The molecule has 2 N–H and O–H groups in total. The SMILES string of the molecule is COC(=O)c1ccc(CNC(=O)CCCNC(=O)C(C)(C)C)cc1. The van der Waals surface area contributed by atoms with Crippen molar-refractivity contribution >= 4 is 17.8 Å². The van der Waals surface area contributed by atoms with Crippen LogP contribution in [-0.4, -0.2) is 31.4 Å². The molecule has 0 fully saturated rings. The molecule has 1 rings (SSSR count). The van der Waals surface area contributed by atoms with Crippen LogP contribution < -0.4 is 10.6 Å². The molecule has 0 heterocycles. The Morgan fingerprint density at radius 3 is 2.21 bits per heavy atom. The molecule has 1 aromatic carbocycles. The average Bonchev–Trinajstić information content (AvgIpc) is 2.55. The number of hydrogen-bond acceptors (Lipinski definition) is 4. The van der Waals surface area contributed by atoms with Crippen molar-refractivity contribution in [2.45, 2.75) is 40.2 Å². The van der Waals surface area contributed by atoms with E-state index in [1.807, 2.05) is 20.8 Å². The van der Waals surface area contributed by atoms with Crippen LogP contribution in [0.1, 0.15) is 49.5 Å². The molecule has 0 saturated heterocycles. The predicted molar refractivity (Wildman–Crippen MR) is 91.3 cm³/mol. The van der Waals surface area contributed by atoms with E-state index in [4.69, 9.17) is 0 Å². The third-order valence-corrected chi connectivity index (χ3v) is 3.41. The number of hydrogen-bond donors (Lipinski definition) is 2. The molecule has 0 aliphatic heterocycles. The van der Waals surface area contributed by atoms with Gasteiger partial charge in [-0.1, -0.05) is 32.9 Å². The summed E-state index contributed by atoms with van der Waals surface area (Å²) in [5, 5.41) is 5.62. The highest BCUT2D eigenvalue weighted by Crippen LogP contribution is 2.12. The highest BCUT2D eigenvalue weighted by molar-refractivity contribution is 5.89. The van der Waals surface area contributed by atoms with Crippen LogP contribution in [0.15, 0.2) is 24.3 Å². The molecule has 0 unspecified atom stereocenters. The Morgan fingerprint density at radius 1 is 1.04 bits per heavy atom. The first kappa shape index (κ1) is 19.7. The normalized spacial score (nSPS) is 10.8. The van der Waals surface area contributed by atoms with Gasteiger partial charge in [0.1, 0.15) is 0 Å². The Kier molecular flexibility index (Phi) is 7.42. The molecule has 0 saturated carbocycles. The van der Waals surface area contributed by atoms with Gasteiger partial charge in [-0.2, -0.15) is 0 Å². The number of amides is 2. The monoisotopic (exact) mass is 334 g/mol. The van der Waals surface area contributed by atoms with Gasteiger partial charge in [-0.05, 0) is 24.1 Å². The van der Waals surface area contributed by atoms with Crippen LogP contribution in [0.3, 0.4) is 0 Å². The lowest BCUT2D eigenvalue weighted by molar-refractivity contribution is -0.128. The lowest BCUT2D eigenvalue weighted by Gasteiger charge is -2.17. The van der Waals surface area contributed by atoms with E-state index < -0.39 is 5.41 Å². The maximum atomic E-state index is 11.8. The first-order valence-corrected chi connectivity index (χ1v) is 7.96. The number of carbonyl (C=O) groups excluding carboxylic acids is 3. The first-order chi connectivity index (χ1) is 11.2. The number of carbonyl (C=O) groups is 3. The lowest BCUT2D eigenvalue weighted by atomic mass is 9.96. The van der Waals surface area contributed by atoms with E-state index in [1.54, 1.807) is 24.3 Å². The summed E-state index contributed by atoms with van der Waals surface area (Å²) in [5.74, 6) is -0.478. The van der Waals surface area contributed by atoms with Crippen molar-refractivity contribution in [1.29, 1.82) is 0 Å². The van der Waals surface area contributed by atoms with E-state index >= 15 is 0 Å². The number of methoxy groups -OCH3 is 1. The van der Waals surface area contributed by atoms with E-state index in [2.05, 4.69) is 15.4 Å². The molecule has 0 radical (unpaired) electrons. The third-order valence-electron chi connectivity index (χ3n) is 3.41. The summed E-state index contributed by atoms with van der Waals surface area (Å²) in [6.07, 6.45) is 0.944. The van der Waals surface area contributed by atoms with Gasteiger partial charge in [0.15, 0.2) is 0 Å².